The summed E-state index contributed by atoms with van der Waals surface area (Å²) in [5.41, 5.74) is 3.19. The lowest BCUT2D eigenvalue weighted by Gasteiger charge is -2.05. The van der Waals surface area contributed by atoms with Gasteiger partial charge >= 0.3 is 0 Å². The summed E-state index contributed by atoms with van der Waals surface area (Å²) in [6.07, 6.45) is 1.52. The van der Waals surface area contributed by atoms with Crippen molar-refractivity contribution in [2.45, 2.75) is 0 Å². The lowest BCUT2D eigenvalue weighted by molar-refractivity contribution is -0.123. The zero-order chi connectivity index (χ0) is 15.1. The van der Waals surface area contributed by atoms with Gasteiger partial charge in [-0.25, -0.2) is 5.43 Å². The van der Waals surface area contributed by atoms with Crippen molar-refractivity contribution in [1.29, 1.82) is 0 Å². The topological polar surface area (TPSA) is 50.7 Å². The van der Waals surface area contributed by atoms with Gasteiger partial charge in [-0.3, -0.25) is 4.79 Å². The number of hydrogen-bond acceptors (Lipinski definition) is 3. The average molecular weight is 368 g/mol. The van der Waals surface area contributed by atoms with Crippen LogP contribution in [0.3, 0.4) is 0 Å². The van der Waals surface area contributed by atoms with Crippen LogP contribution in [0.25, 0.3) is 0 Å². The van der Waals surface area contributed by atoms with Crippen molar-refractivity contribution in [3.63, 3.8) is 0 Å². The summed E-state index contributed by atoms with van der Waals surface area (Å²) in [4.78, 5) is 11.6. The number of hydrogen-bond donors (Lipinski definition) is 1. The molecule has 0 bridgehead atoms. The molecule has 0 radical (unpaired) electrons. The molecule has 2 rings (SSSR count). The standard InChI is InChI=1S/C15H12BrClN2O2/c16-12-4-2-6-14(8-12)21-10-15(20)19-18-9-11-3-1-5-13(17)7-11/h1-9H,10H2,(H,19,20)/b18-9+. The molecule has 0 aromatic heterocycles. The Hall–Kier alpha value is -1.85. The lowest BCUT2D eigenvalue weighted by Crippen LogP contribution is -2.24. The predicted molar refractivity (Wildman–Crippen MR) is 86.8 cm³/mol. The molecule has 0 unspecified atom stereocenters. The maximum atomic E-state index is 11.6. The number of ether oxygens (including phenoxy) is 1. The minimum atomic E-state index is -0.340. The second-order valence-corrected chi connectivity index (χ2v) is 5.45. The van der Waals surface area contributed by atoms with E-state index in [0.29, 0.717) is 10.8 Å². The van der Waals surface area contributed by atoms with Gasteiger partial charge < -0.3 is 4.74 Å². The fraction of sp³-hybridized carbons (Fsp3) is 0.0667. The molecule has 1 N–H and O–H groups in total. The maximum absolute atomic E-state index is 11.6. The molecule has 2 aromatic carbocycles. The Labute approximate surface area is 135 Å². The number of nitrogens with one attached hydrogen (secondary N) is 1. The number of hydrazone groups is 1. The highest BCUT2D eigenvalue weighted by atomic mass is 79.9. The number of halogens is 2. The molecule has 0 heterocycles. The summed E-state index contributed by atoms with van der Waals surface area (Å²) < 4.78 is 6.22. The van der Waals surface area contributed by atoms with Gasteiger partial charge in [0, 0.05) is 9.50 Å². The largest absolute Gasteiger partial charge is 0.484 e. The molecule has 2 aromatic rings. The molecular formula is C15H12BrClN2O2. The normalized spacial score (nSPS) is 10.6. The van der Waals surface area contributed by atoms with E-state index in [0.717, 1.165) is 10.0 Å². The van der Waals surface area contributed by atoms with E-state index in [4.69, 9.17) is 16.3 Å². The molecular weight excluding hydrogens is 356 g/mol. The summed E-state index contributed by atoms with van der Waals surface area (Å²) in [5.74, 6) is 0.270. The average Bonchev–Trinajstić information content (AvgIpc) is 2.45. The third-order valence-electron chi connectivity index (χ3n) is 2.42. The van der Waals surface area contributed by atoms with Gasteiger partial charge in [0.05, 0.1) is 6.21 Å². The summed E-state index contributed by atoms with van der Waals surface area (Å²) in [7, 11) is 0. The highest BCUT2D eigenvalue weighted by Gasteiger charge is 2.01. The van der Waals surface area contributed by atoms with E-state index in [-0.39, 0.29) is 12.5 Å². The first-order valence-electron chi connectivity index (χ1n) is 6.09. The van der Waals surface area contributed by atoms with E-state index in [1.54, 1.807) is 24.3 Å². The Kier molecular flexibility index (Phi) is 5.78. The van der Waals surface area contributed by atoms with E-state index < -0.39 is 0 Å². The van der Waals surface area contributed by atoms with E-state index in [2.05, 4.69) is 26.5 Å². The van der Waals surface area contributed by atoms with Crippen molar-refractivity contribution in [3.8, 4) is 5.75 Å². The Morgan fingerprint density at radius 1 is 1.29 bits per heavy atom. The van der Waals surface area contributed by atoms with E-state index in [1.807, 2.05) is 24.3 Å². The third-order valence-corrected chi connectivity index (χ3v) is 3.15. The van der Waals surface area contributed by atoms with Crippen molar-refractivity contribution >= 4 is 39.7 Å². The number of nitrogens with zero attached hydrogens (tertiary/aromatic N) is 1. The summed E-state index contributed by atoms with van der Waals surface area (Å²) in [6.45, 7) is -0.108. The first kappa shape index (κ1) is 15.5. The minimum Gasteiger partial charge on any atom is -0.484 e. The second-order valence-electron chi connectivity index (χ2n) is 4.09. The smallest absolute Gasteiger partial charge is 0.277 e. The number of benzene rings is 2. The van der Waals surface area contributed by atoms with Crippen LogP contribution in [0.15, 0.2) is 58.1 Å². The molecule has 21 heavy (non-hydrogen) atoms. The second kappa shape index (κ2) is 7.81. The minimum absolute atomic E-state index is 0.108. The Balaban J connectivity index is 1.80. The fourth-order valence-electron chi connectivity index (χ4n) is 1.50. The number of rotatable bonds is 5. The molecule has 0 saturated carbocycles. The van der Waals surface area contributed by atoms with E-state index >= 15 is 0 Å². The van der Waals surface area contributed by atoms with Crippen molar-refractivity contribution in [2.24, 2.45) is 5.10 Å². The zero-order valence-electron chi connectivity index (χ0n) is 10.9. The van der Waals surface area contributed by atoms with Gasteiger partial charge in [0.1, 0.15) is 5.75 Å². The molecule has 6 heteroatoms. The van der Waals surface area contributed by atoms with Crippen LogP contribution >= 0.6 is 27.5 Å². The van der Waals surface area contributed by atoms with Gasteiger partial charge in [-0.2, -0.15) is 5.10 Å². The van der Waals surface area contributed by atoms with Crippen LogP contribution in [-0.2, 0) is 4.79 Å². The van der Waals surface area contributed by atoms with E-state index in [1.165, 1.54) is 6.21 Å². The molecule has 0 aliphatic heterocycles. The van der Waals surface area contributed by atoms with Crippen LogP contribution in [-0.4, -0.2) is 18.7 Å². The molecule has 0 aliphatic carbocycles. The summed E-state index contributed by atoms with van der Waals surface area (Å²) in [6, 6.07) is 14.4. The zero-order valence-corrected chi connectivity index (χ0v) is 13.3. The molecule has 0 atom stereocenters. The van der Waals surface area contributed by atoms with Gasteiger partial charge in [-0.1, -0.05) is 45.7 Å². The molecule has 0 saturated heterocycles. The number of carbonyl (C=O) groups excluding carboxylic acids is 1. The van der Waals surface area contributed by atoms with Crippen molar-refractivity contribution in [1.82, 2.24) is 5.43 Å². The lowest BCUT2D eigenvalue weighted by atomic mass is 10.2. The van der Waals surface area contributed by atoms with Crippen LogP contribution in [0, 0.1) is 0 Å². The highest BCUT2D eigenvalue weighted by Crippen LogP contribution is 2.17. The van der Waals surface area contributed by atoms with E-state index in [9.17, 15) is 4.79 Å². The van der Waals surface area contributed by atoms with Gasteiger partial charge in [-0.15, -0.1) is 0 Å². The predicted octanol–water partition coefficient (Wildman–Crippen LogP) is 3.63. The Morgan fingerprint density at radius 3 is 2.86 bits per heavy atom. The Bertz CT molecular complexity index is 662. The van der Waals surface area contributed by atoms with Crippen LogP contribution in [0.5, 0.6) is 5.75 Å². The van der Waals surface area contributed by atoms with Crippen LogP contribution in [0.1, 0.15) is 5.56 Å². The van der Waals surface area contributed by atoms with Crippen molar-refractivity contribution < 1.29 is 9.53 Å². The highest BCUT2D eigenvalue weighted by molar-refractivity contribution is 9.10. The number of carbonyl (C=O) groups is 1. The third kappa shape index (κ3) is 5.57. The van der Waals surface area contributed by atoms with Crippen molar-refractivity contribution in [2.75, 3.05) is 6.61 Å². The number of amides is 1. The van der Waals surface area contributed by atoms with Gasteiger partial charge in [0.2, 0.25) is 0 Å². The quantitative estimate of drug-likeness (QED) is 0.648. The fourth-order valence-corrected chi connectivity index (χ4v) is 2.08. The molecule has 108 valence electrons. The van der Waals surface area contributed by atoms with Gasteiger partial charge in [-0.05, 0) is 35.9 Å². The summed E-state index contributed by atoms with van der Waals surface area (Å²) in [5, 5.41) is 4.45. The first-order valence-corrected chi connectivity index (χ1v) is 7.26. The molecule has 4 nitrogen and oxygen atoms in total. The molecule has 1 amide bonds. The summed E-state index contributed by atoms with van der Waals surface area (Å²) >= 11 is 9.17. The van der Waals surface area contributed by atoms with Gasteiger partial charge in [0.25, 0.3) is 5.91 Å². The molecule has 0 aliphatic rings. The van der Waals surface area contributed by atoms with Crippen molar-refractivity contribution in [3.05, 3.63) is 63.6 Å². The molecule has 0 spiro atoms. The SMILES string of the molecule is O=C(COc1cccc(Br)c1)N/N=C/c1cccc(Cl)c1. The van der Waals surface area contributed by atoms with Crippen LogP contribution < -0.4 is 10.2 Å². The maximum Gasteiger partial charge on any atom is 0.277 e. The van der Waals surface area contributed by atoms with Gasteiger partial charge in [0.15, 0.2) is 6.61 Å². The first-order chi connectivity index (χ1) is 10.1. The van der Waals surface area contributed by atoms with Crippen LogP contribution in [0.4, 0.5) is 0 Å². The monoisotopic (exact) mass is 366 g/mol. The molecule has 0 fully saturated rings. The Morgan fingerprint density at radius 2 is 2.10 bits per heavy atom. The van der Waals surface area contributed by atoms with Crippen LogP contribution in [0.2, 0.25) is 5.02 Å².